The second-order valence-electron chi connectivity index (χ2n) is 4.27. The van der Waals surface area contributed by atoms with E-state index in [0.29, 0.717) is 0 Å². The lowest BCUT2D eigenvalue weighted by Gasteiger charge is -2.10. The standard InChI is InChI=1S/C14H8F5NO2/c1-6-2-4-7(5-3-6)22-14(21)20-13-11(18)9(16)8(15)10(17)12(13)19/h2-5H,1H3,(H,20,21). The maximum atomic E-state index is 13.4. The van der Waals surface area contributed by atoms with E-state index in [0.717, 1.165) is 5.56 Å². The van der Waals surface area contributed by atoms with E-state index in [-0.39, 0.29) is 5.75 Å². The van der Waals surface area contributed by atoms with Crippen molar-refractivity contribution in [3.63, 3.8) is 0 Å². The third kappa shape index (κ3) is 3.00. The molecule has 22 heavy (non-hydrogen) atoms. The topological polar surface area (TPSA) is 38.3 Å². The van der Waals surface area contributed by atoms with Crippen LogP contribution in [0.4, 0.5) is 32.4 Å². The summed E-state index contributed by atoms with van der Waals surface area (Å²) in [7, 11) is 0. The van der Waals surface area contributed by atoms with E-state index in [2.05, 4.69) is 4.74 Å². The molecule has 3 nitrogen and oxygen atoms in total. The molecule has 0 aliphatic rings. The minimum absolute atomic E-state index is 0.0342. The number of hydrogen-bond acceptors (Lipinski definition) is 2. The van der Waals surface area contributed by atoms with E-state index in [1.807, 2.05) is 0 Å². The Morgan fingerprint density at radius 3 is 1.82 bits per heavy atom. The number of aryl methyl sites for hydroxylation is 1. The zero-order chi connectivity index (χ0) is 16.4. The minimum atomic E-state index is -2.31. The number of ether oxygens (including phenoxy) is 1. The third-order valence-electron chi connectivity index (χ3n) is 2.67. The Morgan fingerprint density at radius 2 is 1.32 bits per heavy atom. The molecule has 1 N–H and O–H groups in total. The highest BCUT2D eigenvalue weighted by Gasteiger charge is 2.27. The number of hydrogen-bond donors (Lipinski definition) is 1. The van der Waals surface area contributed by atoms with Crippen LogP contribution < -0.4 is 10.1 Å². The van der Waals surface area contributed by atoms with Crippen LogP contribution in [-0.4, -0.2) is 6.09 Å². The molecule has 0 spiro atoms. The lowest BCUT2D eigenvalue weighted by Crippen LogP contribution is -2.20. The maximum absolute atomic E-state index is 13.4. The first-order valence-electron chi connectivity index (χ1n) is 5.88. The van der Waals surface area contributed by atoms with Crippen molar-refractivity contribution in [2.24, 2.45) is 0 Å². The van der Waals surface area contributed by atoms with Crippen molar-refractivity contribution in [3.8, 4) is 5.75 Å². The molecular formula is C14H8F5NO2. The summed E-state index contributed by atoms with van der Waals surface area (Å²) in [6.45, 7) is 1.78. The van der Waals surface area contributed by atoms with Crippen molar-refractivity contribution in [3.05, 3.63) is 58.9 Å². The van der Waals surface area contributed by atoms with Crippen LogP contribution >= 0.6 is 0 Å². The van der Waals surface area contributed by atoms with Gasteiger partial charge in [-0.2, -0.15) is 0 Å². The van der Waals surface area contributed by atoms with Crippen LogP contribution in [0.15, 0.2) is 24.3 Å². The number of rotatable bonds is 2. The quantitative estimate of drug-likeness (QED) is 0.509. The van der Waals surface area contributed by atoms with Crippen LogP contribution in [0.25, 0.3) is 0 Å². The van der Waals surface area contributed by atoms with Crippen LogP contribution in [-0.2, 0) is 0 Å². The molecular weight excluding hydrogens is 309 g/mol. The van der Waals surface area contributed by atoms with Crippen molar-refractivity contribution >= 4 is 11.8 Å². The first-order valence-corrected chi connectivity index (χ1v) is 5.88. The van der Waals surface area contributed by atoms with E-state index in [1.165, 1.54) is 17.4 Å². The van der Waals surface area contributed by atoms with Crippen LogP contribution in [0.3, 0.4) is 0 Å². The van der Waals surface area contributed by atoms with E-state index >= 15 is 0 Å². The second kappa shape index (κ2) is 6.00. The highest BCUT2D eigenvalue weighted by atomic mass is 19.2. The Kier molecular flexibility index (Phi) is 4.30. The Balaban J connectivity index is 2.24. The lowest BCUT2D eigenvalue weighted by atomic mass is 10.2. The highest BCUT2D eigenvalue weighted by Crippen LogP contribution is 2.27. The number of nitrogens with one attached hydrogen (secondary N) is 1. The largest absolute Gasteiger partial charge is 0.417 e. The van der Waals surface area contributed by atoms with Crippen molar-refractivity contribution in [1.82, 2.24) is 0 Å². The fraction of sp³-hybridized carbons (Fsp3) is 0.0714. The van der Waals surface area contributed by atoms with E-state index in [1.54, 1.807) is 19.1 Å². The van der Waals surface area contributed by atoms with Gasteiger partial charge in [-0.1, -0.05) is 17.7 Å². The van der Waals surface area contributed by atoms with Crippen molar-refractivity contribution < 1.29 is 31.5 Å². The number of anilines is 1. The molecule has 0 saturated heterocycles. The minimum Gasteiger partial charge on any atom is -0.410 e. The van der Waals surface area contributed by atoms with Crippen LogP contribution in [0.1, 0.15) is 5.56 Å². The summed E-state index contributed by atoms with van der Waals surface area (Å²) in [6.07, 6.45) is -1.40. The zero-order valence-corrected chi connectivity index (χ0v) is 11.0. The molecule has 0 unspecified atom stereocenters. The smallest absolute Gasteiger partial charge is 0.410 e. The molecule has 2 rings (SSSR count). The van der Waals surface area contributed by atoms with Gasteiger partial charge in [0.25, 0.3) is 0 Å². The fourth-order valence-electron chi connectivity index (χ4n) is 1.56. The molecule has 1 amide bonds. The summed E-state index contributed by atoms with van der Waals surface area (Å²) in [4.78, 5) is 11.5. The number of benzene rings is 2. The molecule has 2 aromatic carbocycles. The highest BCUT2D eigenvalue weighted by molar-refractivity contribution is 5.86. The number of amides is 1. The van der Waals surface area contributed by atoms with Crippen LogP contribution in [0, 0.1) is 36.0 Å². The van der Waals surface area contributed by atoms with E-state index in [9.17, 15) is 26.7 Å². The summed E-state index contributed by atoms with van der Waals surface area (Å²) in [5.74, 6) is -10.9. The van der Waals surface area contributed by atoms with Gasteiger partial charge < -0.3 is 4.74 Å². The Morgan fingerprint density at radius 1 is 0.864 bits per heavy atom. The SMILES string of the molecule is Cc1ccc(OC(=O)Nc2c(F)c(F)c(F)c(F)c2F)cc1. The average Bonchev–Trinajstić information content (AvgIpc) is 2.50. The van der Waals surface area contributed by atoms with Gasteiger partial charge in [-0.25, -0.2) is 26.7 Å². The first kappa shape index (κ1) is 15.7. The van der Waals surface area contributed by atoms with Crippen molar-refractivity contribution in [2.45, 2.75) is 6.92 Å². The molecule has 116 valence electrons. The van der Waals surface area contributed by atoms with Gasteiger partial charge in [-0.05, 0) is 19.1 Å². The second-order valence-corrected chi connectivity index (χ2v) is 4.27. The van der Waals surface area contributed by atoms with E-state index < -0.39 is 40.9 Å². The number of carbonyl (C=O) groups is 1. The normalized spacial score (nSPS) is 10.5. The van der Waals surface area contributed by atoms with Gasteiger partial charge in [0.05, 0.1) is 0 Å². The van der Waals surface area contributed by atoms with Crippen LogP contribution in [0.5, 0.6) is 5.75 Å². The summed E-state index contributed by atoms with van der Waals surface area (Å²) in [5.41, 5.74) is -0.610. The lowest BCUT2D eigenvalue weighted by molar-refractivity contribution is 0.214. The monoisotopic (exact) mass is 317 g/mol. The fourth-order valence-corrected chi connectivity index (χ4v) is 1.56. The molecule has 0 fully saturated rings. The number of halogens is 5. The predicted octanol–water partition coefficient (Wildman–Crippen LogP) is 4.30. The average molecular weight is 317 g/mol. The summed E-state index contributed by atoms with van der Waals surface area (Å²) in [6, 6.07) is 5.99. The summed E-state index contributed by atoms with van der Waals surface area (Å²) < 4.78 is 70.2. The molecule has 0 aliphatic heterocycles. The summed E-state index contributed by atoms with van der Waals surface area (Å²) in [5, 5.41) is 1.49. The zero-order valence-electron chi connectivity index (χ0n) is 11.0. The van der Waals surface area contributed by atoms with Gasteiger partial charge in [0.1, 0.15) is 11.4 Å². The molecule has 8 heteroatoms. The predicted molar refractivity (Wildman–Crippen MR) is 67.1 cm³/mol. The van der Waals surface area contributed by atoms with Crippen LogP contribution in [0.2, 0.25) is 0 Å². The first-order chi connectivity index (χ1) is 10.3. The number of carbonyl (C=O) groups excluding carboxylic acids is 1. The van der Waals surface area contributed by atoms with Gasteiger partial charge in [0.2, 0.25) is 5.82 Å². The molecule has 0 atom stereocenters. The molecule has 2 aromatic rings. The Bertz CT molecular complexity index is 702. The molecule has 0 saturated carbocycles. The van der Waals surface area contributed by atoms with Gasteiger partial charge in [-0.15, -0.1) is 0 Å². The van der Waals surface area contributed by atoms with Gasteiger partial charge in [-0.3, -0.25) is 5.32 Å². The third-order valence-corrected chi connectivity index (χ3v) is 2.67. The maximum Gasteiger partial charge on any atom is 0.417 e. The molecule has 0 bridgehead atoms. The van der Waals surface area contributed by atoms with Gasteiger partial charge in [0.15, 0.2) is 23.3 Å². The molecule has 0 aromatic heterocycles. The van der Waals surface area contributed by atoms with Gasteiger partial charge in [0, 0.05) is 0 Å². The molecule has 0 radical (unpaired) electrons. The van der Waals surface area contributed by atoms with E-state index in [4.69, 9.17) is 0 Å². The van der Waals surface area contributed by atoms with Crippen molar-refractivity contribution in [2.75, 3.05) is 5.32 Å². The summed E-state index contributed by atoms with van der Waals surface area (Å²) >= 11 is 0. The van der Waals surface area contributed by atoms with Crippen molar-refractivity contribution in [1.29, 1.82) is 0 Å². The Labute approximate surface area is 121 Å². The van der Waals surface area contributed by atoms with Gasteiger partial charge >= 0.3 is 6.09 Å². The Hall–Kier alpha value is -2.64. The molecule has 0 heterocycles. The molecule has 0 aliphatic carbocycles.